The van der Waals surface area contributed by atoms with Crippen molar-refractivity contribution in [3.63, 3.8) is 0 Å². The maximum Gasteiger partial charge on any atom is 0.251 e. The number of carbonyl (C=O) groups excluding carboxylic acids is 1. The molecular weight excluding hydrogens is 240 g/mol. The third kappa shape index (κ3) is 4.97. The summed E-state index contributed by atoms with van der Waals surface area (Å²) in [4.78, 5) is 14.3. The fourth-order valence-corrected chi connectivity index (χ4v) is 1.85. The van der Waals surface area contributed by atoms with Crippen molar-refractivity contribution in [1.82, 2.24) is 4.90 Å². The molecule has 2 N–H and O–H groups in total. The van der Waals surface area contributed by atoms with Crippen LogP contribution in [0.1, 0.15) is 19.3 Å². The van der Waals surface area contributed by atoms with Crippen molar-refractivity contribution in [2.75, 3.05) is 33.4 Å². The molecule has 1 amide bonds. The van der Waals surface area contributed by atoms with Crippen LogP contribution in [0, 0.1) is 0 Å². The molecular formula is C11H20N2O3S. The van der Waals surface area contributed by atoms with Crippen LogP contribution in [-0.2, 0) is 14.3 Å². The van der Waals surface area contributed by atoms with Crippen molar-refractivity contribution in [2.24, 2.45) is 5.73 Å². The lowest BCUT2D eigenvalue weighted by Gasteiger charge is -2.24. The van der Waals surface area contributed by atoms with E-state index in [0.29, 0.717) is 37.7 Å². The van der Waals surface area contributed by atoms with Gasteiger partial charge in [0.15, 0.2) is 0 Å². The standard InChI is InChI=1S/C11H20N2O3S/c1-15-8-6-13(5-4-10(12)17)11(14)9-3-2-7-16-9/h9H,2-8H2,1H3,(H2,12,17). The first kappa shape index (κ1) is 14.3. The van der Waals surface area contributed by atoms with Crippen LogP contribution in [0.3, 0.4) is 0 Å². The molecule has 0 radical (unpaired) electrons. The predicted molar refractivity (Wildman–Crippen MR) is 68.8 cm³/mol. The van der Waals surface area contributed by atoms with Crippen LogP contribution in [0.5, 0.6) is 0 Å². The molecule has 0 aromatic rings. The summed E-state index contributed by atoms with van der Waals surface area (Å²) in [5.74, 6) is 0.0239. The molecule has 98 valence electrons. The molecule has 0 saturated carbocycles. The van der Waals surface area contributed by atoms with Gasteiger partial charge in [-0.3, -0.25) is 4.79 Å². The summed E-state index contributed by atoms with van der Waals surface area (Å²) >= 11 is 4.83. The molecule has 0 aliphatic carbocycles. The fourth-order valence-electron chi connectivity index (χ4n) is 1.75. The number of hydrogen-bond donors (Lipinski definition) is 1. The highest BCUT2D eigenvalue weighted by Crippen LogP contribution is 2.14. The van der Waals surface area contributed by atoms with Crippen LogP contribution in [0.15, 0.2) is 0 Å². The smallest absolute Gasteiger partial charge is 0.251 e. The van der Waals surface area contributed by atoms with Gasteiger partial charge in [-0.1, -0.05) is 12.2 Å². The molecule has 0 aromatic heterocycles. The molecule has 0 spiro atoms. The second-order valence-electron chi connectivity index (χ2n) is 4.04. The molecule has 1 atom stereocenters. The SMILES string of the molecule is COCCN(CCC(N)=S)C(=O)C1CCCO1. The van der Waals surface area contributed by atoms with Gasteiger partial charge in [-0.2, -0.15) is 0 Å². The van der Waals surface area contributed by atoms with E-state index in [2.05, 4.69) is 0 Å². The highest BCUT2D eigenvalue weighted by Gasteiger charge is 2.27. The number of rotatable bonds is 7. The normalized spacial score (nSPS) is 19.2. The van der Waals surface area contributed by atoms with Gasteiger partial charge >= 0.3 is 0 Å². The van der Waals surface area contributed by atoms with Gasteiger partial charge in [-0.05, 0) is 12.8 Å². The van der Waals surface area contributed by atoms with Crippen LogP contribution >= 0.6 is 12.2 Å². The number of nitrogens with zero attached hydrogens (tertiary/aromatic N) is 1. The first-order chi connectivity index (χ1) is 8.15. The first-order valence-corrected chi connectivity index (χ1v) is 6.23. The van der Waals surface area contributed by atoms with Gasteiger partial charge < -0.3 is 20.1 Å². The zero-order valence-electron chi connectivity index (χ0n) is 10.2. The Morgan fingerprint density at radius 3 is 2.88 bits per heavy atom. The van der Waals surface area contributed by atoms with Crippen molar-refractivity contribution in [1.29, 1.82) is 0 Å². The van der Waals surface area contributed by atoms with E-state index in [9.17, 15) is 4.79 Å². The number of amides is 1. The summed E-state index contributed by atoms with van der Waals surface area (Å²) < 4.78 is 10.4. The molecule has 17 heavy (non-hydrogen) atoms. The quantitative estimate of drug-likeness (QED) is 0.668. The summed E-state index contributed by atoms with van der Waals surface area (Å²) in [5, 5.41) is 0. The number of nitrogens with two attached hydrogens (primary N) is 1. The zero-order chi connectivity index (χ0) is 12.7. The third-order valence-corrected chi connectivity index (χ3v) is 2.91. The highest BCUT2D eigenvalue weighted by atomic mass is 32.1. The number of hydrogen-bond acceptors (Lipinski definition) is 4. The van der Waals surface area contributed by atoms with Crippen molar-refractivity contribution >= 4 is 23.1 Å². The summed E-state index contributed by atoms with van der Waals surface area (Å²) in [6.45, 7) is 2.27. The minimum absolute atomic E-state index is 0.0239. The second-order valence-corrected chi connectivity index (χ2v) is 4.56. The van der Waals surface area contributed by atoms with Crippen LogP contribution in [0.4, 0.5) is 0 Å². The van der Waals surface area contributed by atoms with E-state index >= 15 is 0 Å². The Kier molecular flexibility index (Phi) is 6.39. The Morgan fingerprint density at radius 1 is 1.59 bits per heavy atom. The first-order valence-electron chi connectivity index (χ1n) is 5.82. The van der Waals surface area contributed by atoms with Gasteiger partial charge in [0.1, 0.15) is 6.10 Å². The lowest BCUT2D eigenvalue weighted by atomic mass is 10.2. The van der Waals surface area contributed by atoms with Gasteiger partial charge in [0.05, 0.1) is 11.6 Å². The van der Waals surface area contributed by atoms with E-state index in [1.165, 1.54) is 0 Å². The fraction of sp³-hybridized carbons (Fsp3) is 0.818. The molecule has 0 aromatic carbocycles. The van der Waals surface area contributed by atoms with E-state index in [1.807, 2.05) is 0 Å². The predicted octanol–water partition coefficient (Wildman–Crippen LogP) is 0.317. The topological polar surface area (TPSA) is 64.8 Å². The Labute approximate surface area is 107 Å². The summed E-state index contributed by atoms with van der Waals surface area (Å²) in [6.07, 6.45) is 2.00. The molecule has 1 rings (SSSR count). The van der Waals surface area contributed by atoms with Gasteiger partial charge in [0.2, 0.25) is 0 Å². The Balaban J connectivity index is 2.47. The van der Waals surface area contributed by atoms with Crippen molar-refractivity contribution in [2.45, 2.75) is 25.4 Å². The minimum Gasteiger partial charge on any atom is -0.393 e. The summed E-state index contributed by atoms with van der Waals surface area (Å²) in [7, 11) is 1.61. The lowest BCUT2D eigenvalue weighted by molar-refractivity contribution is -0.141. The molecule has 5 nitrogen and oxygen atoms in total. The Bertz CT molecular complexity index is 267. The molecule has 0 bridgehead atoms. The Hall–Kier alpha value is -0.720. The number of carbonyl (C=O) groups is 1. The van der Waals surface area contributed by atoms with Crippen LogP contribution in [0.2, 0.25) is 0 Å². The van der Waals surface area contributed by atoms with Gasteiger partial charge in [-0.25, -0.2) is 0 Å². The van der Waals surface area contributed by atoms with Gasteiger partial charge in [0.25, 0.3) is 5.91 Å². The average molecular weight is 260 g/mol. The molecule has 1 aliphatic heterocycles. The van der Waals surface area contributed by atoms with Crippen LogP contribution in [0.25, 0.3) is 0 Å². The van der Waals surface area contributed by atoms with Crippen LogP contribution < -0.4 is 5.73 Å². The second kappa shape index (κ2) is 7.58. The molecule has 1 heterocycles. The largest absolute Gasteiger partial charge is 0.393 e. The van der Waals surface area contributed by atoms with Crippen molar-refractivity contribution in [3.05, 3.63) is 0 Å². The molecule has 1 fully saturated rings. The number of thiocarbonyl (C=S) groups is 1. The van der Waals surface area contributed by atoms with Crippen molar-refractivity contribution < 1.29 is 14.3 Å². The summed E-state index contributed by atoms with van der Waals surface area (Å²) in [6, 6.07) is 0. The van der Waals surface area contributed by atoms with Crippen LogP contribution in [-0.4, -0.2) is 55.3 Å². The Morgan fingerprint density at radius 2 is 2.35 bits per heavy atom. The van der Waals surface area contributed by atoms with E-state index in [-0.39, 0.29) is 12.0 Å². The van der Waals surface area contributed by atoms with Gasteiger partial charge in [-0.15, -0.1) is 0 Å². The van der Waals surface area contributed by atoms with Crippen molar-refractivity contribution in [3.8, 4) is 0 Å². The highest BCUT2D eigenvalue weighted by molar-refractivity contribution is 7.80. The zero-order valence-corrected chi connectivity index (χ0v) is 11.0. The average Bonchev–Trinajstić information content (AvgIpc) is 2.81. The number of ether oxygens (including phenoxy) is 2. The molecule has 6 heteroatoms. The van der Waals surface area contributed by atoms with E-state index in [4.69, 9.17) is 27.4 Å². The van der Waals surface area contributed by atoms with E-state index < -0.39 is 0 Å². The minimum atomic E-state index is -0.293. The third-order valence-electron chi connectivity index (χ3n) is 2.71. The molecule has 1 unspecified atom stereocenters. The van der Waals surface area contributed by atoms with E-state index in [0.717, 1.165) is 12.8 Å². The van der Waals surface area contributed by atoms with E-state index in [1.54, 1.807) is 12.0 Å². The maximum atomic E-state index is 12.1. The summed E-state index contributed by atoms with van der Waals surface area (Å²) in [5.41, 5.74) is 5.45. The molecule has 1 saturated heterocycles. The lowest BCUT2D eigenvalue weighted by Crippen LogP contribution is -2.42. The molecule has 1 aliphatic rings. The number of methoxy groups -OCH3 is 1. The maximum absolute atomic E-state index is 12.1. The van der Waals surface area contributed by atoms with Gasteiger partial charge in [0, 0.05) is 33.2 Å². The monoisotopic (exact) mass is 260 g/mol.